The quantitative estimate of drug-likeness (QED) is 0.835. The predicted molar refractivity (Wildman–Crippen MR) is 85.0 cm³/mol. The zero-order chi connectivity index (χ0) is 17.0. The second kappa shape index (κ2) is 6.93. The van der Waals surface area contributed by atoms with Gasteiger partial charge < -0.3 is 15.2 Å². The zero-order valence-electron chi connectivity index (χ0n) is 12.4. The normalized spacial score (nSPS) is 10.0. The summed E-state index contributed by atoms with van der Waals surface area (Å²) >= 11 is 0.889. The Bertz CT molecular complexity index is 755. The Morgan fingerprint density at radius 1 is 1.17 bits per heavy atom. The van der Waals surface area contributed by atoms with Crippen LogP contribution >= 0.6 is 11.3 Å². The number of hydrogen-bond acceptors (Lipinski definition) is 6. The van der Waals surface area contributed by atoms with Gasteiger partial charge in [0, 0.05) is 0 Å². The molecule has 0 aliphatic rings. The number of ether oxygens (including phenoxy) is 2. The molecule has 1 heterocycles. The maximum Gasteiger partial charge on any atom is 0.417 e. The van der Waals surface area contributed by atoms with Crippen LogP contribution in [0.2, 0.25) is 0 Å². The number of nitrogens with two attached hydrogens (primary N) is 1. The van der Waals surface area contributed by atoms with E-state index < -0.39 is 18.0 Å². The number of thiophene rings is 1. The number of amides is 2. The lowest BCUT2D eigenvalue weighted by molar-refractivity contribution is 0.0601. The van der Waals surface area contributed by atoms with Crippen molar-refractivity contribution in [2.45, 2.75) is 6.92 Å². The molecule has 0 fully saturated rings. The van der Waals surface area contributed by atoms with Gasteiger partial charge in [-0.1, -0.05) is 18.2 Å². The fourth-order valence-corrected chi connectivity index (χ4v) is 2.93. The van der Waals surface area contributed by atoms with Crippen LogP contribution < -0.4 is 15.8 Å². The molecular formula is C15H14N2O5S. The van der Waals surface area contributed by atoms with Crippen molar-refractivity contribution in [2.24, 2.45) is 5.73 Å². The van der Waals surface area contributed by atoms with E-state index >= 15 is 0 Å². The SMILES string of the molecule is COC(=O)c1c(NC(=O)Oc2ccccc2)sc(C(N)=O)c1C. The summed E-state index contributed by atoms with van der Waals surface area (Å²) in [5.74, 6) is -1.03. The van der Waals surface area contributed by atoms with Gasteiger partial charge in [0.25, 0.3) is 5.91 Å². The summed E-state index contributed by atoms with van der Waals surface area (Å²) < 4.78 is 9.76. The van der Waals surface area contributed by atoms with E-state index in [2.05, 4.69) is 10.1 Å². The van der Waals surface area contributed by atoms with Crippen molar-refractivity contribution in [3.8, 4) is 5.75 Å². The van der Waals surface area contributed by atoms with Crippen molar-refractivity contribution < 1.29 is 23.9 Å². The fourth-order valence-electron chi connectivity index (χ4n) is 1.90. The number of para-hydroxylation sites is 1. The molecule has 23 heavy (non-hydrogen) atoms. The molecule has 8 heteroatoms. The lowest BCUT2D eigenvalue weighted by Crippen LogP contribution is -2.18. The summed E-state index contributed by atoms with van der Waals surface area (Å²) in [5, 5.41) is 2.58. The van der Waals surface area contributed by atoms with Crippen LogP contribution in [0.15, 0.2) is 30.3 Å². The molecular weight excluding hydrogens is 320 g/mol. The summed E-state index contributed by atoms with van der Waals surface area (Å²) in [6, 6.07) is 8.42. The first-order valence-corrected chi connectivity index (χ1v) is 7.31. The second-order valence-electron chi connectivity index (χ2n) is 4.44. The number of carbonyl (C=O) groups is 3. The van der Waals surface area contributed by atoms with Gasteiger partial charge in [-0.2, -0.15) is 0 Å². The van der Waals surface area contributed by atoms with Crippen molar-refractivity contribution in [2.75, 3.05) is 12.4 Å². The molecule has 0 aliphatic heterocycles. The van der Waals surface area contributed by atoms with Crippen molar-refractivity contribution >= 4 is 34.3 Å². The third-order valence-electron chi connectivity index (χ3n) is 2.93. The summed E-state index contributed by atoms with van der Waals surface area (Å²) in [7, 11) is 1.20. The molecule has 1 aromatic heterocycles. The molecule has 120 valence electrons. The van der Waals surface area contributed by atoms with Gasteiger partial charge in [0.1, 0.15) is 10.8 Å². The average molecular weight is 334 g/mol. The molecule has 0 aliphatic carbocycles. The molecule has 0 bridgehead atoms. The maximum absolute atomic E-state index is 11.9. The number of primary amides is 1. The Morgan fingerprint density at radius 2 is 1.83 bits per heavy atom. The van der Waals surface area contributed by atoms with Crippen LogP contribution in [0, 0.1) is 6.92 Å². The van der Waals surface area contributed by atoms with Crippen LogP contribution in [-0.4, -0.2) is 25.1 Å². The number of methoxy groups -OCH3 is 1. The molecule has 2 rings (SSSR count). The standard InChI is InChI=1S/C15H14N2O5S/c1-8-10(14(19)21-2)13(23-11(8)12(16)18)17-15(20)22-9-6-4-3-5-7-9/h3-7H,1-2H3,(H2,16,18)(H,17,20). The predicted octanol–water partition coefficient (Wildman–Crippen LogP) is 2.55. The summed E-state index contributed by atoms with van der Waals surface area (Å²) in [6.07, 6.45) is -0.793. The number of anilines is 1. The smallest absolute Gasteiger partial charge is 0.417 e. The minimum atomic E-state index is -0.793. The van der Waals surface area contributed by atoms with Gasteiger partial charge in [-0.3, -0.25) is 10.1 Å². The number of hydrogen-bond donors (Lipinski definition) is 2. The number of rotatable bonds is 4. The minimum absolute atomic E-state index is 0.0799. The van der Waals surface area contributed by atoms with Crippen molar-refractivity contribution in [3.63, 3.8) is 0 Å². The molecule has 2 amide bonds. The van der Waals surface area contributed by atoms with E-state index in [0.29, 0.717) is 11.3 Å². The zero-order valence-corrected chi connectivity index (χ0v) is 13.2. The van der Waals surface area contributed by atoms with Crippen LogP contribution in [0.4, 0.5) is 9.80 Å². The van der Waals surface area contributed by atoms with Crippen molar-refractivity contribution in [1.82, 2.24) is 0 Å². The molecule has 7 nitrogen and oxygen atoms in total. The Kier molecular flexibility index (Phi) is 4.97. The Morgan fingerprint density at radius 3 is 2.39 bits per heavy atom. The Hall–Kier alpha value is -2.87. The maximum atomic E-state index is 11.9. The molecule has 0 saturated carbocycles. The molecule has 1 aromatic carbocycles. The van der Waals surface area contributed by atoms with E-state index in [4.69, 9.17) is 10.5 Å². The van der Waals surface area contributed by atoms with Gasteiger partial charge in [0.05, 0.1) is 17.6 Å². The van der Waals surface area contributed by atoms with E-state index in [1.54, 1.807) is 37.3 Å². The van der Waals surface area contributed by atoms with E-state index in [1.165, 1.54) is 7.11 Å². The van der Waals surface area contributed by atoms with Crippen molar-refractivity contribution in [1.29, 1.82) is 0 Å². The van der Waals surface area contributed by atoms with Gasteiger partial charge >= 0.3 is 12.1 Å². The monoisotopic (exact) mass is 334 g/mol. The number of esters is 1. The molecule has 0 atom stereocenters. The molecule has 0 spiro atoms. The highest BCUT2D eigenvalue weighted by molar-refractivity contribution is 7.18. The van der Waals surface area contributed by atoms with Crippen LogP contribution in [0.5, 0.6) is 5.75 Å². The van der Waals surface area contributed by atoms with E-state index in [0.717, 1.165) is 11.3 Å². The topological polar surface area (TPSA) is 108 Å². The van der Waals surface area contributed by atoms with E-state index in [9.17, 15) is 14.4 Å². The Balaban J connectivity index is 2.28. The summed E-state index contributed by atoms with van der Waals surface area (Å²) in [6.45, 7) is 1.55. The van der Waals surface area contributed by atoms with Gasteiger partial charge in [-0.05, 0) is 24.6 Å². The number of carbonyl (C=O) groups excluding carboxylic acids is 3. The average Bonchev–Trinajstić information content (AvgIpc) is 2.84. The molecule has 3 N–H and O–H groups in total. The number of benzene rings is 1. The van der Waals surface area contributed by atoms with Crippen molar-refractivity contribution in [3.05, 3.63) is 46.3 Å². The molecule has 0 saturated heterocycles. The highest BCUT2D eigenvalue weighted by atomic mass is 32.1. The largest absolute Gasteiger partial charge is 0.465 e. The lowest BCUT2D eigenvalue weighted by Gasteiger charge is -2.07. The van der Waals surface area contributed by atoms with Gasteiger partial charge in [0.15, 0.2) is 0 Å². The van der Waals surface area contributed by atoms with Gasteiger partial charge in [0.2, 0.25) is 0 Å². The van der Waals surface area contributed by atoms with Crippen LogP contribution in [0.1, 0.15) is 25.6 Å². The summed E-state index contributed by atoms with van der Waals surface area (Å²) in [4.78, 5) is 35.4. The van der Waals surface area contributed by atoms with Gasteiger partial charge in [-0.25, -0.2) is 9.59 Å². The number of nitrogens with one attached hydrogen (secondary N) is 1. The second-order valence-corrected chi connectivity index (χ2v) is 5.46. The first-order chi connectivity index (χ1) is 10.9. The lowest BCUT2D eigenvalue weighted by atomic mass is 10.1. The third kappa shape index (κ3) is 3.67. The first kappa shape index (κ1) is 16.5. The van der Waals surface area contributed by atoms with Crippen LogP contribution in [0.3, 0.4) is 0 Å². The van der Waals surface area contributed by atoms with Gasteiger partial charge in [-0.15, -0.1) is 11.3 Å². The van der Waals surface area contributed by atoms with E-state index in [-0.39, 0.29) is 15.4 Å². The third-order valence-corrected chi connectivity index (χ3v) is 4.15. The highest BCUT2D eigenvalue weighted by Gasteiger charge is 2.25. The van der Waals surface area contributed by atoms with Crippen LogP contribution in [0.25, 0.3) is 0 Å². The van der Waals surface area contributed by atoms with E-state index in [1.807, 2.05) is 0 Å². The van der Waals surface area contributed by atoms with Crippen LogP contribution in [-0.2, 0) is 4.74 Å². The first-order valence-electron chi connectivity index (χ1n) is 6.49. The molecule has 0 radical (unpaired) electrons. The fraction of sp³-hybridized carbons (Fsp3) is 0.133. The minimum Gasteiger partial charge on any atom is -0.465 e. The summed E-state index contributed by atoms with van der Waals surface area (Å²) in [5.41, 5.74) is 5.70. The molecule has 0 unspecified atom stereocenters. The Labute approximate surface area is 136 Å². The highest BCUT2D eigenvalue weighted by Crippen LogP contribution is 2.33. The molecule has 2 aromatic rings.